The predicted molar refractivity (Wildman–Crippen MR) is 75.5 cm³/mol. The van der Waals surface area contributed by atoms with Crippen LogP contribution in [0.2, 0.25) is 10.3 Å². The van der Waals surface area contributed by atoms with Crippen molar-refractivity contribution in [1.29, 1.82) is 0 Å². The van der Waals surface area contributed by atoms with Gasteiger partial charge in [0, 0.05) is 18.8 Å². The maximum absolute atomic E-state index is 6.32. The summed E-state index contributed by atoms with van der Waals surface area (Å²) in [5.41, 5.74) is 1.72. The van der Waals surface area contributed by atoms with Gasteiger partial charge in [-0.05, 0) is 24.8 Å². The van der Waals surface area contributed by atoms with Crippen molar-refractivity contribution in [2.75, 3.05) is 0 Å². The topological polar surface area (TPSA) is 43.6 Å². The fourth-order valence-electron chi connectivity index (χ4n) is 2.68. The zero-order valence-electron chi connectivity index (χ0n) is 10.6. The lowest BCUT2D eigenvalue weighted by molar-refractivity contribution is 0.713. The Kier molecular flexibility index (Phi) is 3.46. The Morgan fingerprint density at radius 3 is 2.32 bits per heavy atom. The van der Waals surface area contributed by atoms with E-state index in [9.17, 15) is 0 Å². The standard InChI is InChI=1S/C13H14Cl2N4/c1-19-9(6-7-16-19)13-17-11(14)10(12(15)18-13)8-4-2-3-5-8/h6-8H,2-5H2,1H3. The molecule has 3 rings (SSSR count). The molecule has 1 aliphatic carbocycles. The van der Waals surface area contributed by atoms with Gasteiger partial charge in [-0.15, -0.1) is 0 Å². The minimum atomic E-state index is 0.403. The first-order chi connectivity index (χ1) is 9.16. The first-order valence-corrected chi connectivity index (χ1v) is 7.13. The summed E-state index contributed by atoms with van der Waals surface area (Å²) in [6.45, 7) is 0. The summed E-state index contributed by atoms with van der Waals surface area (Å²) in [6.07, 6.45) is 6.38. The lowest BCUT2D eigenvalue weighted by atomic mass is 10.0. The van der Waals surface area contributed by atoms with Crippen LogP contribution < -0.4 is 0 Å². The van der Waals surface area contributed by atoms with Crippen molar-refractivity contribution in [1.82, 2.24) is 19.7 Å². The molecular formula is C13H14Cl2N4. The van der Waals surface area contributed by atoms with Crippen molar-refractivity contribution >= 4 is 23.2 Å². The van der Waals surface area contributed by atoms with E-state index in [0.717, 1.165) is 24.1 Å². The number of aromatic nitrogens is 4. The van der Waals surface area contributed by atoms with Crippen LogP contribution in [0.3, 0.4) is 0 Å². The molecule has 2 aromatic rings. The molecule has 0 spiro atoms. The Bertz CT molecular complexity index is 579. The van der Waals surface area contributed by atoms with E-state index in [-0.39, 0.29) is 0 Å². The molecule has 0 amide bonds. The number of hydrogen-bond acceptors (Lipinski definition) is 3. The van der Waals surface area contributed by atoms with E-state index in [4.69, 9.17) is 23.2 Å². The highest BCUT2D eigenvalue weighted by atomic mass is 35.5. The first-order valence-electron chi connectivity index (χ1n) is 6.38. The molecule has 0 N–H and O–H groups in total. The van der Waals surface area contributed by atoms with E-state index in [1.807, 2.05) is 13.1 Å². The van der Waals surface area contributed by atoms with Crippen molar-refractivity contribution in [2.45, 2.75) is 31.6 Å². The summed E-state index contributed by atoms with van der Waals surface area (Å²) >= 11 is 12.6. The Balaban J connectivity index is 2.05. The Labute approximate surface area is 121 Å². The molecule has 1 saturated carbocycles. The van der Waals surface area contributed by atoms with E-state index < -0.39 is 0 Å². The third-order valence-electron chi connectivity index (χ3n) is 3.67. The van der Waals surface area contributed by atoms with Crippen molar-refractivity contribution < 1.29 is 0 Å². The minimum Gasteiger partial charge on any atom is -0.265 e. The normalized spacial score (nSPS) is 16.2. The molecule has 0 unspecified atom stereocenters. The van der Waals surface area contributed by atoms with Crippen molar-refractivity contribution in [3.63, 3.8) is 0 Å². The van der Waals surface area contributed by atoms with Crippen LogP contribution in [-0.4, -0.2) is 19.7 Å². The monoisotopic (exact) mass is 296 g/mol. The average Bonchev–Trinajstić information content (AvgIpc) is 2.99. The average molecular weight is 297 g/mol. The first kappa shape index (κ1) is 12.9. The molecule has 0 bridgehead atoms. The molecule has 2 aromatic heterocycles. The molecule has 0 atom stereocenters. The Hall–Kier alpha value is -1.13. The van der Waals surface area contributed by atoms with Crippen LogP contribution in [0.1, 0.15) is 37.2 Å². The molecule has 0 aromatic carbocycles. The van der Waals surface area contributed by atoms with Gasteiger partial charge in [-0.1, -0.05) is 36.0 Å². The Morgan fingerprint density at radius 2 is 1.79 bits per heavy atom. The highest BCUT2D eigenvalue weighted by Crippen LogP contribution is 2.40. The van der Waals surface area contributed by atoms with Crippen LogP contribution in [0, 0.1) is 0 Å². The van der Waals surface area contributed by atoms with E-state index in [1.54, 1.807) is 10.9 Å². The molecule has 100 valence electrons. The molecule has 0 aliphatic heterocycles. The van der Waals surface area contributed by atoms with Gasteiger partial charge >= 0.3 is 0 Å². The predicted octanol–water partition coefficient (Wildman–Crippen LogP) is 3.84. The molecule has 0 saturated heterocycles. The molecule has 2 heterocycles. The summed E-state index contributed by atoms with van der Waals surface area (Å²) in [5, 5.41) is 5.05. The quantitative estimate of drug-likeness (QED) is 0.791. The maximum Gasteiger partial charge on any atom is 0.180 e. The summed E-state index contributed by atoms with van der Waals surface area (Å²) in [7, 11) is 1.84. The van der Waals surface area contributed by atoms with Gasteiger partial charge in [0.25, 0.3) is 0 Å². The summed E-state index contributed by atoms with van der Waals surface area (Å²) in [4.78, 5) is 8.78. The van der Waals surface area contributed by atoms with Gasteiger partial charge in [-0.25, -0.2) is 9.97 Å². The molecule has 4 nitrogen and oxygen atoms in total. The third kappa shape index (κ3) is 2.35. The number of halogens is 2. The van der Waals surface area contributed by atoms with Gasteiger partial charge in [-0.3, -0.25) is 4.68 Å². The second kappa shape index (κ2) is 5.10. The van der Waals surface area contributed by atoms with E-state index in [0.29, 0.717) is 22.0 Å². The molecule has 6 heteroatoms. The molecule has 19 heavy (non-hydrogen) atoms. The minimum absolute atomic E-state index is 0.403. The van der Waals surface area contributed by atoms with Gasteiger partial charge in [-0.2, -0.15) is 5.10 Å². The number of aryl methyl sites for hydroxylation is 1. The van der Waals surface area contributed by atoms with Crippen LogP contribution in [0.15, 0.2) is 12.3 Å². The maximum atomic E-state index is 6.32. The van der Waals surface area contributed by atoms with E-state index in [1.165, 1.54) is 12.8 Å². The van der Waals surface area contributed by atoms with E-state index in [2.05, 4.69) is 15.1 Å². The lowest BCUT2D eigenvalue weighted by Gasteiger charge is -2.13. The number of rotatable bonds is 2. The zero-order valence-corrected chi connectivity index (χ0v) is 12.1. The fourth-order valence-corrected chi connectivity index (χ4v) is 3.37. The zero-order chi connectivity index (χ0) is 13.4. The Morgan fingerprint density at radius 1 is 1.16 bits per heavy atom. The summed E-state index contributed by atoms with van der Waals surface area (Å²) in [5.74, 6) is 0.928. The second-order valence-corrected chi connectivity index (χ2v) is 5.58. The van der Waals surface area contributed by atoms with Gasteiger partial charge in [0.1, 0.15) is 16.0 Å². The van der Waals surface area contributed by atoms with Crippen LogP contribution in [0.5, 0.6) is 0 Å². The molecule has 1 fully saturated rings. The summed E-state index contributed by atoms with van der Waals surface area (Å²) in [6, 6.07) is 1.84. The number of nitrogens with zero attached hydrogens (tertiary/aromatic N) is 4. The smallest absolute Gasteiger partial charge is 0.180 e. The molecular weight excluding hydrogens is 283 g/mol. The van der Waals surface area contributed by atoms with E-state index >= 15 is 0 Å². The van der Waals surface area contributed by atoms with Gasteiger partial charge in [0.15, 0.2) is 5.82 Å². The van der Waals surface area contributed by atoms with Crippen LogP contribution in [0.4, 0.5) is 0 Å². The molecule has 0 radical (unpaired) electrons. The van der Waals surface area contributed by atoms with Gasteiger partial charge in [0.05, 0.1) is 0 Å². The third-order valence-corrected chi connectivity index (χ3v) is 4.24. The highest BCUT2D eigenvalue weighted by Gasteiger charge is 2.25. The fraction of sp³-hybridized carbons (Fsp3) is 0.462. The van der Waals surface area contributed by atoms with Gasteiger partial charge in [0.2, 0.25) is 0 Å². The van der Waals surface area contributed by atoms with Crippen LogP contribution in [-0.2, 0) is 7.05 Å². The van der Waals surface area contributed by atoms with Gasteiger partial charge < -0.3 is 0 Å². The number of hydrogen-bond donors (Lipinski definition) is 0. The molecule has 1 aliphatic rings. The van der Waals surface area contributed by atoms with Crippen LogP contribution >= 0.6 is 23.2 Å². The van der Waals surface area contributed by atoms with Crippen molar-refractivity contribution in [3.8, 4) is 11.5 Å². The van der Waals surface area contributed by atoms with Crippen LogP contribution in [0.25, 0.3) is 11.5 Å². The van der Waals surface area contributed by atoms with Crippen molar-refractivity contribution in [2.24, 2.45) is 7.05 Å². The second-order valence-electron chi connectivity index (χ2n) is 4.86. The largest absolute Gasteiger partial charge is 0.265 e. The lowest BCUT2D eigenvalue weighted by Crippen LogP contribution is -2.03. The summed E-state index contributed by atoms with van der Waals surface area (Å²) < 4.78 is 1.71. The highest BCUT2D eigenvalue weighted by molar-refractivity contribution is 6.34. The SMILES string of the molecule is Cn1nccc1-c1nc(Cl)c(C2CCCC2)c(Cl)n1. The van der Waals surface area contributed by atoms with Crippen molar-refractivity contribution in [3.05, 3.63) is 28.1 Å².